The number of methoxy groups -OCH3 is 2. The fourth-order valence-electron chi connectivity index (χ4n) is 3.30. The predicted octanol–water partition coefficient (Wildman–Crippen LogP) is 3.07. The van der Waals surface area contributed by atoms with Crippen molar-refractivity contribution in [3.63, 3.8) is 0 Å². The molecule has 7 heteroatoms. The van der Waals surface area contributed by atoms with Crippen molar-refractivity contribution in [1.82, 2.24) is 0 Å². The van der Waals surface area contributed by atoms with Gasteiger partial charge in [0.2, 0.25) is 11.4 Å². The summed E-state index contributed by atoms with van der Waals surface area (Å²) in [6.45, 7) is 1.75. The van der Waals surface area contributed by atoms with Crippen molar-refractivity contribution < 1.29 is 33.6 Å². The second-order valence-corrected chi connectivity index (χ2v) is 6.41. The zero-order valence-corrected chi connectivity index (χ0v) is 16.4. The van der Waals surface area contributed by atoms with E-state index in [4.69, 9.17) is 18.9 Å². The maximum absolute atomic E-state index is 13.0. The van der Waals surface area contributed by atoms with Crippen LogP contribution in [0.1, 0.15) is 18.1 Å². The van der Waals surface area contributed by atoms with Crippen molar-refractivity contribution in [1.29, 1.82) is 0 Å². The van der Waals surface area contributed by atoms with Gasteiger partial charge in [0.05, 0.1) is 26.4 Å². The number of cyclic esters (lactones) is 1. The number of hydrogen-bond donors (Lipinski definition) is 1. The predicted molar refractivity (Wildman–Crippen MR) is 105 cm³/mol. The molecule has 2 aromatic rings. The summed E-state index contributed by atoms with van der Waals surface area (Å²) in [7, 11) is 3.08. The van der Waals surface area contributed by atoms with Crippen LogP contribution in [0, 0.1) is 0 Å². The summed E-state index contributed by atoms with van der Waals surface area (Å²) in [6, 6.07) is 13.6. The van der Waals surface area contributed by atoms with E-state index < -0.39 is 23.3 Å². The largest absolute Gasteiger partial charge is 0.502 e. The number of aliphatic hydroxyl groups is 1. The third-order valence-corrected chi connectivity index (χ3v) is 4.70. The highest BCUT2D eigenvalue weighted by atomic mass is 16.6. The van der Waals surface area contributed by atoms with E-state index in [1.54, 1.807) is 62.6 Å². The molecule has 1 N–H and O–H groups in total. The fourth-order valence-corrected chi connectivity index (χ4v) is 3.30. The number of rotatable bonds is 7. The van der Waals surface area contributed by atoms with Crippen molar-refractivity contribution in [2.75, 3.05) is 20.8 Å². The van der Waals surface area contributed by atoms with Crippen LogP contribution in [0.3, 0.4) is 0 Å². The molecule has 0 aromatic heterocycles. The zero-order valence-electron chi connectivity index (χ0n) is 16.4. The van der Waals surface area contributed by atoms with Crippen molar-refractivity contribution >= 4 is 17.5 Å². The van der Waals surface area contributed by atoms with Gasteiger partial charge >= 0.3 is 11.9 Å². The Morgan fingerprint density at radius 1 is 1.00 bits per heavy atom. The molecule has 0 saturated carbocycles. The topological polar surface area (TPSA) is 91.3 Å². The molecule has 0 radical (unpaired) electrons. The summed E-state index contributed by atoms with van der Waals surface area (Å²) >= 11 is 0. The molecule has 3 rings (SSSR count). The molecule has 1 aliphatic heterocycles. The summed E-state index contributed by atoms with van der Waals surface area (Å²) in [5, 5.41) is 10.5. The first-order valence-corrected chi connectivity index (χ1v) is 9.06. The Hall–Kier alpha value is -3.48. The number of benzene rings is 2. The molecule has 1 atom stereocenters. The van der Waals surface area contributed by atoms with E-state index in [-0.39, 0.29) is 18.6 Å². The van der Waals surface area contributed by atoms with Crippen LogP contribution in [0.5, 0.6) is 11.5 Å². The lowest BCUT2D eigenvalue weighted by Crippen LogP contribution is -2.44. The van der Waals surface area contributed by atoms with Crippen LogP contribution in [0.4, 0.5) is 0 Å². The molecule has 7 nitrogen and oxygen atoms in total. The van der Waals surface area contributed by atoms with E-state index in [0.29, 0.717) is 22.6 Å². The first-order valence-electron chi connectivity index (χ1n) is 9.06. The van der Waals surface area contributed by atoms with Crippen LogP contribution < -0.4 is 9.47 Å². The Bertz CT molecular complexity index is 929. The Morgan fingerprint density at radius 3 is 2.07 bits per heavy atom. The molecule has 0 spiro atoms. The first kappa shape index (κ1) is 20.3. The molecule has 2 aromatic carbocycles. The third-order valence-electron chi connectivity index (χ3n) is 4.70. The Labute approximate surface area is 168 Å². The van der Waals surface area contributed by atoms with Crippen LogP contribution in [-0.4, -0.2) is 43.5 Å². The van der Waals surface area contributed by atoms with Gasteiger partial charge in [-0.05, 0) is 42.3 Å². The second kappa shape index (κ2) is 8.26. The molecule has 1 unspecified atom stereocenters. The molecule has 0 fully saturated rings. The van der Waals surface area contributed by atoms with Gasteiger partial charge in [0, 0.05) is 6.42 Å². The molecule has 1 heterocycles. The number of esters is 2. The summed E-state index contributed by atoms with van der Waals surface area (Å²) < 4.78 is 21.0. The second-order valence-electron chi connectivity index (χ2n) is 6.41. The first-order chi connectivity index (χ1) is 13.9. The van der Waals surface area contributed by atoms with Gasteiger partial charge < -0.3 is 24.1 Å². The van der Waals surface area contributed by atoms with E-state index in [1.165, 1.54) is 7.11 Å². The minimum atomic E-state index is -1.81. The molecule has 0 aliphatic carbocycles. The van der Waals surface area contributed by atoms with Crippen LogP contribution in [0.15, 0.2) is 54.3 Å². The standard InChI is InChI=1S/C22H22O7/c1-4-28-21(25)22(13-14-5-9-16(26-2)10-6-14)18(19(23)20(24)29-22)15-7-11-17(27-3)12-8-15/h5-12,23H,4,13H2,1-3H3. The van der Waals surface area contributed by atoms with E-state index >= 15 is 0 Å². The highest BCUT2D eigenvalue weighted by molar-refractivity contribution is 6.11. The van der Waals surface area contributed by atoms with Crippen molar-refractivity contribution in [2.45, 2.75) is 18.9 Å². The zero-order chi connectivity index (χ0) is 21.0. The minimum Gasteiger partial charge on any atom is -0.502 e. The van der Waals surface area contributed by atoms with Crippen LogP contribution in [0.2, 0.25) is 0 Å². The molecular weight excluding hydrogens is 376 g/mol. The van der Waals surface area contributed by atoms with Crippen LogP contribution in [-0.2, 0) is 25.5 Å². The molecule has 1 aliphatic rings. The monoisotopic (exact) mass is 398 g/mol. The maximum atomic E-state index is 13.0. The van der Waals surface area contributed by atoms with Gasteiger partial charge in [-0.3, -0.25) is 0 Å². The summed E-state index contributed by atoms with van der Waals surface area (Å²) in [4.78, 5) is 25.3. The van der Waals surface area contributed by atoms with Gasteiger partial charge in [-0.25, -0.2) is 9.59 Å². The Morgan fingerprint density at radius 2 is 1.55 bits per heavy atom. The average Bonchev–Trinajstić information content (AvgIpc) is 2.99. The molecule has 0 amide bonds. The Balaban J connectivity index is 2.11. The molecule has 0 saturated heterocycles. The lowest BCUT2D eigenvalue weighted by atomic mass is 9.83. The van der Waals surface area contributed by atoms with E-state index in [9.17, 15) is 14.7 Å². The van der Waals surface area contributed by atoms with E-state index in [1.807, 2.05) is 0 Å². The number of aliphatic hydroxyl groups excluding tert-OH is 1. The van der Waals surface area contributed by atoms with Crippen molar-refractivity contribution in [2.24, 2.45) is 0 Å². The quantitative estimate of drug-likeness (QED) is 0.717. The van der Waals surface area contributed by atoms with Crippen molar-refractivity contribution in [3.8, 4) is 11.5 Å². The Kier molecular flexibility index (Phi) is 5.77. The summed E-state index contributed by atoms with van der Waals surface area (Å²) in [5.74, 6) is -1.10. The van der Waals surface area contributed by atoms with Gasteiger partial charge in [0.1, 0.15) is 11.5 Å². The van der Waals surface area contributed by atoms with Crippen molar-refractivity contribution in [3.05, 3.63) is 65.4 Å². The summed E-state index contributed by atoms with van der Waals surface area (Å²) in [6.07, 6.45) is -0.00695. The number of carbonyl (C=O) groups is 2. The van der Waals surface area contributed by atoms with Crippen LogP contribution in [0.25, 0.3) is 5.57 Å². The normalized spacial score (nSPS) is 18.4. The maximum Gasteiger partial charge on any atom is 0.375 e. The fraction of sp³-hybridized carbons (Fsp3) is 0.273. The molecular formula is C22H22O7. The highest BCUT2D eigenvalue weighted by Crippen LogP contribution is 2.43. The summed E-state index contributed by atoms with van der Waals surface area (Å²) in [5.41, 5.74) is -0.581. The molecule has 0 bridgehead atoms. The van der Waals surface area contributed by atoms with Gasteiger partial charge in [-0.2, -0.15) is 0 Å². The van der Waals surface area contributed by atoms with Gasteiger partial charge in [0.25, 0.3) is 0 Å². The third kappa shape index (κ3) is 3.76. The van der Waals surface area contributed by atoms with Gasteiger partial charge in [0.15, 0.2) is 0 Å². The van der Waals surface area contributed by atoms with Crippen LogP contribution >= 0.6 is 0 Å². The van der Waals surface area contributed by atoms with E-state index in [0.717, 1.165) is 0 Å². The van der Waals surface area contributed by atoms with E-state index in [2.05, 4.69) is 0 Å². The lowest BCUT2D eigenvalue weighted by Gasteiger charge is -2.28. The lowest BCUT2D eigenvalue weighted by molar-refractivity contribution is -0.171. The number of carbonyl (C=O) groups excluding carboxylic acids is 2. The highest BCUT2D eigenvalue weighted by Gasteiger charge is 2.55. The SMILES string of the molecule is CCOC(=O)C1(Cc2ccc(OC)cc2)OC(=O)C(O)=C1c1ccc(OC)cc1. The number of hydrogen-bond acceptors (Lipinski definition) is 7. The molecule has 29 heavy (non-hydrogen) atoms. The molecule has 152 valence electrons. The average molecular weight is 398 g/mol. The smallest absolute Gasteiger partial charge is 0.375 e. The van der Waals surface area contributed by atoms with Gasteiger partial charge in [-0.15, -0.1) is 0 Å². The van der Waals surface area contributed by atoms with Gasteiger partial charge in [-0.1, -0.05) is 24.3 Å². The minimum absolute atomic E-state index is 0.00695. The number of ether oxygens (including phenoxy) is 4.